The van der Waals surface area contributed by atoms with Gasteiger partial charge in [0.05, 0.1) is 0 Å². The molecule has 0 heterocycles. The highest BCUT2D eigenvalue weighted by Gasteiger charge is 1.65. The van der Waals surface area contributed by atoms with Crippen molar-refractivity contribution >= 4 is 28.2 Å². The van der Waals surface area contributed by atoms with Gasteiger partial charge in [-0.25, -0.2) is 13.9 Å². The Balaban J connectivity index is 3.33. The highest BCUT2D eigenvalue weighted by atomic mass is 31.1. The standard InChI is InChI=1S/C2O3P2/c3-1-6-5-7-2-4. The summed E-state index contributed by atoms with van der Waals surface area (Å²) >= 11 is 0. The molecule has 0 saturated carbocycles. The van der Waals surface area contributed by atoms with Gasteiger partial charge < -0.3 is 0 Å². The lowest BCUT2D eigenvalue weighted by molar-refractivity contribution is 0.569. The molecule has 0 aromatic carbocycles. The van der Waals surface area contributed by atoms with Crippen LogP contribution in [0.15, 0.2) is 0 Å². The van der Waals surface area contributed by atoms with E-state index in [1.807, 2.05) is 0 Å². The molecule has 0 amide bonds. The monoisotopic (exact) mass is 134 g/mol. The van der Waals surface area contributed by atoms with Crippen molar-refractivity contribution in [1.82, 2.24) is 0 Å². The molecule has 0 aliphatic carbocycles. The van der Waals surface area contributed by atoms with Crippen molar-refractivity contribution in [1.29, 1.82) is 0 Å². The SMILES string of the molecule is O=C=POP=C=O. The fourth-order valence-electron chi connectivity index (χ4n) is 0.0537. The molecule has 3 nitrogen and oxygen atoms in total. The summed E-state index contributed by atoms with van der Waals surface area (Å²) in [6, 6.07) is 0. The van der Waals surface area contributed by atoms with Crippen molar-refractivity contribution in [2.24, 2.45) is 0 Å². The third-order valence-electron chi connectivity index (χ3n) is 0.156. The first-order valence-electron chi connectivity index (χ1n) is 1.22. The zero-order valence-electron chi connectivity index (χ0n) is 3.12. The van der Waals surface area contributed by atoms with Crippen LogP contribution in [0.25, 0.3) is 0 Å². The van der Waals surface area contributed by atoms with Crippen LogP contribution in [0.1, 0.15) is 0 Å². The molecule has 0 unspecified atom stereocenters. The fourth-order valence-corrected chi connectivity index (χ4v) is 0.484. The lowest BCUT2D eigenvalue weighted by Gasteiger charge is -1.63. The van der Waals surface area contributed by atoms with Gasteiger partial charge in [0, 0.05) is 0 Å². The van der Waals surface area contributed by atoms with Gasteiger partial charge in [0.25, 0.3) is 0 Å². The van der Waals surface area contributed by atoms with E-state index in [4.69, 9.17) is 0 Å². The summed E-state index contributed by atoms with van der Waals surface area (Å²) in [5.41, 5.74) is 2.83. The molecule has 7 heavy (non-hydrogen) atoms. The number of rotatable bonds is 2. The Morgan fingerprint density at radius 3 is 1.86 bits per heavy atom. The molecule has 0 saturated heterocycles. The van der Waals surface area contributed by atoms with Gasteiger partial charge in [-0.1, -0.05) is 0 Å². The molecule has 0 fully saturated rings. The van der Waals surface area contributed by atoms with Crippen LogP contribution in [0, 0.1) is 0 Å². The van der Waals surface area contributed by atoms with Crippen molar-refractivity contribution in [2.75, 3.05) is 0 Å². The first-order valence-corrected chi connectivity index (χ1v) is 2.85. The first kappa shape index (κ1) is 6.72. The molecule has 0 atom stereocenters. The van der Waals surface area contributed by atoms with Crippen molar-refractivity contribution in [3.8, 4) is 0 Å². The predicted molar refractivity (Wildman–Crippen MR) is 26.3 cm³/mol. The topological polar surface area (TPSA) is 43.4 Å². The van der Waals surface area contributed by atoms with Crippen LogP contribution >= 0.6 is 16.9 Å². The second-order valence-corrected chi connectivity index (χ2v) is 1.83. The van der Waals surface area contributed by atoms with Crippen LogP contribution in [0.2, 0.25) is 0 Å². The van der Waals surface area contributed by atoms with E-state index in [-0.39, 0.29) is 16.9 Å². The molecule has 0 aromatic heterocycles. The van der Waals surface area contributed by atoms with Crippen molar-refractivity contribution in [3.05, 3.63) is 0 Å². The molecule has 0 spiro atoms. The Labute approximate surface area is 43.1 Å². The van der Waals surface area contributed by atoms with Gasteiger partial charge in [0.15, 0.2) is 28.2 Å². The van der Waals surface area contributed by atoms with Gasteiger partial charge in [0.2, 0.25) is 0 Å². The molecule has 0 aliphatic heterocycles. The third-order valence-corrected chi connectivity index (χ3v) is 0.958. The molecule has 5 heteroatoms. The minimum atomic E-state index is 0.0468. The number of carbonyl (C=O) groups excluding carboxylic acids is 2. The molecule has 0 bridgehead atoms. The van der Waals surface area contributed by atoms with Gasteiger partial charge >= 0.3 is 0 Å². The lowest BCUT2D eigenvalue weighted by Crippen LogP contribution is -1.38. The largest absolute Gasteiger partial charge is 0.248 e. The Kier molecular flexibility index (Phi) is 5.49. The Morgan fingerprint density at radius 2 is 1.57 bits per heavy atom. The van der Waals surface area contributed by atoms with E-state index in [0.29, 0.717) is 0 Å². The van der Waals surface area contributed by atoms with E-state index in [9.17, 15) is 9.59 Å². The maximum Gasteiger partial charge on any atom is 0.182 e. The van der Waals surface area contributed by atoms with E-state index in [1.54, 1.807) is 0 Å². The Bertz CT molecular complexity index is 114. The minimum absolute atomic E-state index is 0.0468. The van der Waals surface area contributed by atoms with Gasteiger partial charge in [0.1, 0.15) is 0 Å². The van der Waals surface area contributed by atoms with Crippen LogP contribution in [0.3, 0.4) is 0 Å². The molecule has 0 rings (SSSR count). The highest BCUT2D eigenvalue weighted by molar-refractivity contribution is 7.45. The maximum absolute atomic E-state index is 9.28. The maximum atomic E-state index is 9.28. The first-order chi connectivity index (χ1) is 3.41. The number of hydrogen-bond acceptors (Lipinski definition) is 3. The van der Waals surface area contributed by atoms with E-state index >= 15 is 0 Å². The van der Waals surface area contributed by atoms with Gasteiger partial charge in [-0.15, -0.1) is 0 Å². The summed E-state index contributed by atoms with van der Waals surface area (Å²) in [4.78, 5) is 18.6. The minimum Gasteiger partial charge on any atom is -0.248 e. The zero-order valence-corrected chi connectivity index (χ0v) is 4.91. The Hall–Kier alpha value is -0.280. The zero-order chi connectivity index (χ0) is 5.54. The normalized spacial score (nSPS) is 8.00. The van der Waals surface area contributed by atoms with E-state index in [2.05, 4.69) is 4.31 Å². The lowest BCUT2D eigenvalue weighted by atomic mass is 11.9. The molecular formula is C2O3P2. The molecule has 0 aromatic rings. The van der Waals surface area contributed by atoms with Crippen LogP contribution < -0.4 is 0 Å². The smallest absolute Gasteiger partial charge is 0.182 e. The average molecular weight is 134 g/mol. The second-order valence-electron chi connectivity index (χ2n) is 0.447. The van der Waals surface area contributed by atoms with E-state index in [1.165, 1.54) is 11.3 Å². The van der Waals surface area contributed by atoms with E-state index < -0.39 is 0 Å². The fraction of sp³-hybridized carbons (Fsp3) is 0. The summed E-state index contributed by atoms with van der Waals surface area (Å²) in [6.07, 6.45) is 0. The molecule has 0 aliphatic rings. The van der Waals surface area contributed by atoms with Gasteiger partial charge in [-0.05, 0) is 0 Å². The van der Waals surface area contributed by atoms with Gasteiger partial charge in [-0.2, -0.15) is 0 Å². The molecule has 0 radical (unpaired) electrons. The molecular weight excluding hydrogens is 134 g/mol. The third kappa shape index (κ3) is 5.72. The Morgan fingerprint density at radius 1 is 1.14 bits per heavy atom. The average Bonchev–Trinajstić information content (AvgIpc) is 1.69. The van der Waals surface area contributed by atoms with Crippen LogP contribution in [0.4, 0.5) is 0 Å². The quantitative estimate of drug-likeness (QED) is 0.526. The van der Waals surface area contributed by atoms with Crippen molar-refractivity contribution in [2.45, 2.75) is 0 Å². The van der Waals surface area contributed by atoms with Crippen molar-refractivity contribution < 1.29 is 13.9 Å². The van der Waals surface area contributed by atoms with Crippen molar-refractivity contribution in [3.63, 3.8) is 0 Å². The summed E-state index contributed by atoms with van der Waals surface area (Å²) in [5.74, 6) is 0. The summed E-state index contributed by atoms with van der Waals surface area (Å²) < 4.78 is 4.23. The van der Waals surface area contributed by atoms with E-state index in [0.717, 1.165) is 0 Å². The van der Waals surface area contributed by atoms with Crippen LogP contribution in [-0.4, -0.2) is 11.3 Å². The van der Waals surface area contributed by atoms with Crippen LogP contribution in [0.5, 0.6) is 0 Å². The predicted octanol–water partition coefficient (Wildman–Crippen LogP) is 0.860. The summed E-state index contributed by atoms with van der Waals surface area (Å²) in [6.45, 7) is 0. The highest BCUT2D eigenvalue weighted by Crippen LogP contribution is 2.05. The van der Waals surface area contributed by atoms with Crippen LogP contribution in [-0.2, 0) is 13.9 Å². The second kappa shape index (κ2) is 5.72. The summed E-state index contributed by atoms with van der Waals surface area (Å²) in [7, 11) is 0.0936. The molecule has 36 valence electrons. The summed E-state index contributed by atoms with van der Waals surface area (Å²) in [5, 5.41) is 0. The molecule has 0 N–H and O–H groups in total. The van der Waals surface area contributed by atoms with Gasteiger partial charge in [-0.3, -0.25) is 0 Å². The number of hydrogen-bond donors (Lipinski definition) is 0.